The Kier molecular flexibility index (Phi) is 10.7. The van der Waals surface area contributed by atoms with Crippen LogP contribution in [0.1, 0.15) is 63.5 Å². The van der Waals surface area contributed by atoms with E-state index in [1.807, 2.05) is 48.7 Å². The number of nitrogens with zero attached hydrogens (tertiary/aromatic N) is 3. The second-order valence-electron chi connectivity index (χ2n) is 14.3. The van der Waals surface area contributed by atoms with Gasteiger partial charge in [0, 0.05) is 36.4 Å². The van der Waals surface area contributed by atoms with E-state index in [0.717, 1.165) is 58.0 Å². The summed E-state index contributed by atoms with van der Waals surface area (Å²) >= 11 is 0. The van der Waals surface area contributed by atoms with Gasteiger partial charge in [0.2, 0.25) is 5.91 Å². The Balaban J connectivity index is 1.28. The molecule has 8 nitrogen and oxygen atoms in total. The number of aliphatic carboxylic acids is 1. The van der Waals surface area contributed by atoms with E-state index in [2.05, 4.69) is 22.3 Å². The molecule has 0 spiro atoms. The summed E-state index contributed by atoms with van der Waals surface area (Å²) in [5.41, 5.74) is 3.83. The maximum Gasteiger partial charge on any atom is 0.326 e. The summed E-state index contributed by atoms with van der Waals surface area (Å²) in [5, 5.41) is 16.0. The second kappa shape index (κ2) is 15.0. The van der Waals surface area contributed by atoms with Crippen LogP contribution in [-0.4, -0.2) is 83.6 Å². The van der Waals surface area contributed by atoms with Crippen molar-refractivity contribution in [2.24, 2.45) is 5.41 Å². The lowest BCUT2D eigenvalue weighted by Gasteiger charge is -2.39. The van der Waals surface area contributed by atoms with Gasteiger partial charge in [0.15, 0.2) is 0 Å². The average molecular weight is 687 g/mol. The number of rotatable bonds is 12. The van der Waals surface area contributed by atoms with Crippen LogP contribution in [-0.2, 0) is 22.6 Å². The number of ether oxygens (including phenoxy) is 1. The number of pyridine rings is 1. The van der Waals surface area contributed by atoms with E-state index in [1.54, 1.807) is 18.9 Å². The van der Waals surface area contributed by atoms with Gasteiger partial charge in [0.1, 0.15) is 11.8 Å². The Morgan fingerprint density at radius 1 is 0.940 bits per heavy atom. The molecular formula is C40H48F2N4O4. The highest BCUT2D eigenvalue weighted by atomic mass is 19.3. The highest BCUT2D eigenvalue weighted by molar-refractivity contribution is 6.07. The number of carboxylic acid groups (broad SMARTS) is 1. The van der Waals surface area contributed by atoms with Gasteiger partial charge in [-0.2, -0.15) is 0 Å². The lowest BCUT2D eigenvalue weighted by molar-refractivity contribution is -0.144. The van der Waals surface area contributed by atoms with Gasteiger partial charge in [-0.3, -0.25) is 19.6 Å². The Labute approximate surface area is 292 Å². The van der Waals surface area contributed by atoms with Crippen molar-refractivity contribution in [2.75, 3.05) is 39.8 Å². The fourth-order valence-electron chi connectivity index (χ4n) is 7.58. The van der Waals surface area contributed by atoms with E-state index in [4.69, 9.17) is 9.72 Å². The number of nitrogens with one attached hydrogen (secondary N) is 1. The van der Waals surface area contributed by atoms with E-state index >= 15 is 0 Å². The van der Waals surface area contributed by atoms with Crippen LogP contribution >= 0.6 is 0 Å². The van der Waals surface area contributed by atoms with Gasteiger partial charge in [-0.25, -0.2) is 13.6 Å². The Hall–Kier alpha value is -4.15. The third-order valence-electron chi connectivity index (χ3n) is 10.8. The van der Waals surface area contributed by atoms with E-state index in [1.165, 1.54) is 31.7 Å². The molecule has 50 heavy (non-hydrogen) atoms. The van der Waals surface area contributed by atoms with Crippen molar-refractivity contribution in [1.29, 1.82) is 0 Å². The Bertz CT molecular complexity index is 1850. The summed E-state index contributed by atoms with van der Waals surface area (Å²) in [6.07, 6.45) is 6.18. The van der Waals surface area contributed by atoms with Gasteiger partial charge >= 0.3 is 5.97 Å². The molecule has 0 bridgehead atoms. The lowest BCUT2D eigenvalue weighted by Crippen LogP contribution is -2.53. The summed E-state index contributed by atoms with van der Waals surface area (Å²) in [4.78, 5) is 35.2. The third kappa shape index (κ3) is 7.61. The molecule has 266 valence electrons. The van der Waals surface area contributed by atoms with Gasteiger partial charge in [-0.1, -0.05) is 56.7 Å². The van der Waals surface area contributed by atoms with Crippen molar-refractivity contribution in [3.8, 4) is 16.9 Å². The molecule has 0 aliphatic carbocycles. The van der Waals surface area contributed by atoms with Crippen molar-refractivity contribution in [3.05, 3.63) is 71.9 Å². The van der Waals surface area contributed by atoms with Crippen molar-refractivity contribution in [3.63, 3.8) is 0 Å². The van der Waals surface area contributed by atoms with Crippen LogP contribution < -0.4 is 10.1 Å². The molecule has 2 N–H and O–H groups in total. The van der Waals surface area contributed by atoms with E-state index in [9.17, 15) is 23.5 Å². The zero-order valence-electron chi connectivity index (χ0n) is 29.3. The number of amides is 1. The number of aromatic nitrogens is 1. The topological polar surface area (TPSA) is 95.0 Å². The standard InChI is InChI=1S/C40H48F2N4O4/c1-4-40(41,42)26-46-22-17-39(2,18-23-46)38(49)44-33(37(47)48)24-27-10-8-12-31-29(27)11-9-13-32(31)35-34(50-3)15-14-30-28(16-19-43-36(30)35)25-45-20-6-5-7-21-45/h8-16,19,33H,4-7,17-18,20-26H2,1-3H3,(H,44,49)(H,47,48). The number of carbonyl (C=O) groups is 2. The Morgan fingerprint density at radius 2 is 1.66 bits per heavy atom. The molecule has 4 aromatic rings. The highest BCUT2D eigenvalue weighted by Gasteiger charge is 2.40. The van der Waals surface area contributed by atoms with Gasteiger partial charge in [-0.05, 0) is 97.5 Å². The molecule has 1 unspecified atom stereocenters. The maximum absolute atomic E-state index is 14.0. The van der Waals surface area contributed by atoms with Crippen LogP contribution in [0.3, 0.4) is 0 Å². The molecule has 1 amide bonds. The number of alkyl halides is 2. The number of hydrogen-bond donors (Lipinski definition) is 2. The van der Waals surface area contributed by atoms with Crippen LogP contribution in [0.2, 0.25) is 0 Å². The van der Waals surface area contributed by atoms with E-state index in [-0.39, 0.29) is 25.3 Å². The molecule has 3 aromatic carbocycles. The van der Waals surface area contributed by atoms with Gasteiger partial charge in [0.05, 0.1) is 24.7 Å². The van der Waals surface area contributed by atoms with Crippen LogP contribution in [0.5, 0.6) is 5.75 Å². The fourth-order valence-corrected chi connectivity index (χ4v) is 7.58. The van der Waals surface area contributed by atoms with Crippen LogP contribution in [0.15, 0.2) is 60.8 Å². The first-order valence-electron chi connectivity index (χ1n) is 17.8. The summed E-state index contributed by atoms with van der Waals surface area (Å²) in [6, 6.07) is 16.8. The number of carbonyl (C=O) groups excluding carboxylic acids is 1. The number of benzene rings is 3. The first-order chi connectivity index (χ1) is 24.0. The third-order valence-corrected chi connectivity index (χ3v) is 10.8. The molecule has 6 rings (SSSR count). The lowest BCUT2D eigenvalue weighted by atomic mass is 9.79. The summed E-state index contributed by atoms with van der Waals surface area (Å²) in [6.45, 7) is 6.69. The number of piperidine rings is 2. The average Bonchev–Trinajstić information content (AvgIpc) is 3.12. The molecule has 3 heterocycles. The molecule has 2 fully saturated rings. The molecule has 2 aliphatic rings. The highest BCUT2D eigenvalue weighted by Crippen LogP contribution is 2.41. The van der Waals surface area contributed by atoms with Gasteiger partial charge in [0.25, 0.3) is 5.92 Å². The van der Waals surface area contributed by atoms with E-state index < -0.39 is 23.3 Å². The predicted octanol–water partition coefficient (Wildman–Crippen LogP) is 7.31. The quantitative estimate of drug-likeness (QED) is 0.161. The molecule has 10 heteroatoms. The minimum Gasteiger partial charge on any atom is -0.496 e. The zero-order valence-corrected chi connectivity index (χ0v) is 29.3. The molecule has 1 atom stereocenters. The normalized spacial score (nSPS) is 17.9. The number of hydrogen-bond acceptors (Lipinski definition) is 6. The summed E-state index contributed by atoms with van der Waals surface area (Å²) < 4.78 is 33.9. The van der Waals surface area contributed by atoms with Crippen molar-refractivity contribution < 1.29 is 28.2 Å². The molecule has 0 radical (unpaired) electrons. The SMILES string of the molecule is CCC(F)(F)CN1CCC(C)(C(=O)NC(Cc2cccc3c(-c4c(OC)ccc5c(CN6CCCCC6)ccnc45)cccc23)C(=O)O)CC1. The van der Waals surface area contributed by atoms with Gasteiger partial charge < -0.3 is 15.2 Å². The maximum atomic E-state index is 14.0. The molecule has 0 saturated carbocycles. The number of fused-ring (bicyclic) bond motifs is 2. The monoisotopic (exact) mass is 686 g/mol. The minimum absolute atomic E-state index is 0.0811. The second-order valence-corrected chi connectivity index (χ2v) is 14.3. The minimum atomic E-state index is -2.77. The first kappa shape index (κ1) is 35.7. The molecule has 2 aliphatic heterocycles. The fraction of sp³-hybridized carbons (Fsp3) is 0.475. The van der Waals surface area contributed by atoms with Crippen LogP contribution in [0.25, 0.3) is 32.8 Å². The number of methoxy groups -OCH3 is 1. The van der Waals surface area contributed by atoms with Crippen molar-refractivity contribution in [1.82, 2.24) is 20.1 Å². The predicted molar refractivity (Wildman–Crippen MR) is 193 cm³/mol. The summed E-state index contributed by atoms with van der Waals surface area (Å²) in [5.74, 6) is -3.56. The number of halogens is 2. The van der Waals surface area contributed by atoms with Crippen LogP contribution in [0.4, 0.5) is 8.78 Å². The smallest absolute Gasteiger partial charge is 0.326 e. The Morgan fingerprint density at radius 3 is 2.36 bits per heavy atom. The van der Waals surface area contributed by atoms with Crippen molar-refractivity contribution in [2.45, 2.75) is 77.3 Å². The largest absolute Gasteiger partial charge is 0.496 e. The molecular weight excluding hydrogens is 638 g/mol. The molecule has 2 saturated heterocycles. The number of carboxylic acids is 1. The zero-order chi connectivity index (χ0) is 35.5. The molecule has 1 aromatic heterocycles. The summed E-state index contributed by atoms with van der Waals surface area (Å²) in [7, 11) is 1.66. The first-order valence-corrected chi connectivity index (χ1v) is 17.8. The van der Waals surface area contributed by atoms with Crippen LogP contribution in [0, 0.1) is 5.41 Å². The van der Waals surface area contributed by atoms with E-state index in [0.29, 0.717) is 31.7 Å². The van der Waals surface area contributed by atoms with Gasteiger partial charge in [-0.15, -0.1) is 0 Å². The number of likely N-dealkylation sites (tertiary alicyclic amines) is 2. The van der Waals surface area contributed by atoms with Crippen molar-refractivity contribution >= 4 is 33.6 Å².